The molecule has 0 rings (SSSR count). The number of carbonyl (C=O) groups is 1. The smallest absolute Gasteiger partial charge is 0.390 e. The number of phosphoric acid groups is 1. The maximum Gasteiger partial charge on any atom is 0.472 e. The van der Waals surface area contributed by atoms with Crippen molar-refractivity contribution in [2.45, 2.75) is 154 Å². The quantitative estimate of drug-likeness (QED) is 0.0213. The van der Waals surface area contributed by atoms with E-state index in [4.69, 9.17) is 9.05 Å². The fourth-order valence-corrected chi connectivity index (χ4v) is 6.24. The molecule has 0 saturated heterocycles. The number of phosphoric ester groups is 1. The fraction of sp³-hybridized carbons (Fsp3) is 0.638. The molecule has 4 unspecified atom stereocenters. The van der Waals surface area contributed by atoms with Crippen LogP contribution in [0.1, 0.15) is 136 Å². The number of aliphatic hydroxyl groups is 2. The lowest BCUT2D eigenvalue weighted by Crippen LogP contribution is -2.51. The number of quaternary nitrogens is 1. The van der Waals surface area contributed by atoms with Crippen LogP contribution in [0.2, 0.25) is 0 Å². The Morgan fingerprint density at radius 3 is 1.68 bits per heavy atom. The standard InChI is InChI=1S/C47H81N2O7P/c1-6-8-10-12-14-16-18-20-21-22-23-24-25-26-27-28-30-32-34-36-38-40-46(51)48-44(43-56-57(53,54)55-42-41-49(3,4)5)47(52)45(50)39-37-35-33-31-29-19-17-15-13-11-9-7-2/h7-10,14-17,20-21,23-24,26-27,31,33,44-45,47,50,52H,6,11-13,18-19,22,25,28-30,32,34-43H2,1-5H3,(H-,48,51,53,54)/p+1/b9-7+,10-8-,16-14-,17-15+,21-20-,24-23-,27-26-,33-31+. The van der Waals surface area contributed by atoms with E-state index in [1.54, 1.807) is 0 Å². The third-order valence-corrected chi connectivity index (χ3v) is 9.94. The molecule has 0 saturated carbocycles. The molecule has 0 aromatic heterocycles. The van der Waals surface area contributed by atoms with Crippen molar-refractivity contribution in [1.29, 1.82) is 0 Å². The van der Waals surface area contributed by atoms with Gasteiger partial charge < -0.3 is 24.9 Å². The summed E-state index contributed by atoms with van der Waals surface area (Å²) in [5, 5.41) is 24.6. The third kappa shape index (κ3) is 38.7. The molecule has 0 aromatic carbocycles. The van der Waals surface area contributed by atoms with Crippen molar-refractivity contribution in [2.75, 3.05) is 40.9 Å². The average Bonchev–Trinajstić information content (AvgIpc) is 3.16. The van der Waals surface area contributed by atoms with Gasteiger partial charge in [0.15, 0.2) is 0 Å². The highest BCUT2D eigenvalue weighted by Crippen LogP contribution is 2.43. The molecule has 0 aliphatic carbocycles. The van der Waals surface area contributed by atoms with Gasteiger partial charge in [-0.2, -0.15) is 0 Å². The number of carbonyl (C=O) groups excluding carboxylic acids is 1. The van der Waals surface area contributed by atoms with Gasteiger partial charge in [-0.1, -0.05) is 123 Å². The van der Waals surface area contributed by atoms with E-state index >= 15 is 0 Å². The van der Waals surface area contributed by atoms with Crippen molar-refractivity contribution in [3.05, 3.63) is 97.2 Å². The predicted octanol–water partition coefficient (Wildman–Crippen LogP) is 10.9. The molecule has 4 N–H and O–H groups in total. The minimum absolute atomic E-state index is 0.00214. The SMILES string of the molecule is C/C=C/CC/C=C/CC/C=C/CCCC(O)C(O)C(COP(=O)(O)OCC[N+](C)(C)C)NC(=O)CCCCCCC/C=C\C/C=C\C/C=C\C/C=C\C/C=C\CC. The lowest BCUT2D eigenvalue weighted by atomic mass is 10.0. The highest BCUT2D eigenvalue weighted by molar-refractivity contribution is 7.47. The van der Waals surface area contributed by atoms with Crippen LogP contribution in [0.4, 0.5) is 0 Å². The first-order valence-electron chi connectivity index (χ1n) is 21.7. The van der Waals surface area contributed by atoms with Crippen LogP contribution < -0.4 is 5.32 Å². The summed E-state index contributed by atoms with van der Waals surface area (Å²) in [6, 6.07) is -1.08. The van der Waals surface area contributed by atoms with Gasteiger partial charge in [0, 0.05) is 6.42 Å². The number of rotatable bonds is 37. The van der Waals surface area contributed by atoms with Crippen LogP contribution in [-0.2, 0) is 18.4 Å². The van der Waals surface area contributed by atoms with Gasteiger partial charge >= 0.3 is 7.82 Å². The van der Waals surface area contributed by atoms with E-state index in [0.717, 1.165) is 96.3 Å². The molecule has 0 spiro atoms. The second kappa shape index (κ2) is 37.6. The van der Waals surface area contributed by atoms with Crippen molar-refractivity contribution in [1.82, 2.24) is 5.32 Å². The van der Waals surface area contributed by atoms with E-state index in [2.05, 4.69) is 109 Å². The molecule has 0 fully saturated rings. The lowest BCUT2D eigenvalue weighted by Gasteiger charge is -2.28. The van der Waals surface area contributed by atoms with Crippen LogP contribution in [0.3, 0.4) is 0 Å². The summed E-state index contributed by atoms with van der Waals surface area (Å²) in [6.45, 7) is 4.19. The molecule has 0 aliphatic rings. The molecule has 1 amide bonds. The van der Waals surface area contributed by atoms with E-state index in [0.29, 0.717) is 30.3 Å². The zero-order valence-corrected chi connectivity index (χ0v) is 37.3. The molecule has 57 heavy (non-hydrogen) atoms. The molecule has 0 bridgehead atoms. The van der Waals surface area contributed by atoms with Gasteiger partial charge in [-0.05, 0) is 103 Å². The number of hydrogen-bond acceptors (Lipinski definition) is 6. The van der Waals surface area contributed by atoms with Crippen molar-refractivity contribution >= 4 is 13.7 Å². The predicted molar refractivity (Wildman–Crippen MR) is 241 cm³/mol. The van der Waals surface area contributed by atoms with Gasteiger partial charge in [0.25, 0.3) is 0 Å². The maximum atomic E-state index is 12.9. The van der Waals surface area contributed by atoms with Crippen molar-refractivity contribution < 1.29 is 38.0 Å². The Morgan fingerprint density at radius 2 is 1.12 bits per heavy atom. The summed E-state index contributed by atoms with van der Waals surface area (Å²) < 4.78 is 23.4. The molecular formula is C47H82N2O7P+. The first-order chi connectivity index (χ1) is 27.4. The number of aliphatic hydroxyl groups excluding tert-OH is 2. The molecule has 0 heterocycles. The molecule has 0 aromatic rings. The van der Waals surface area contributed by atoms with Crippen LogP contribution in [0, 0.1) is 0 Å². The molecule has 9 nitrogen and oxygen atoms in total. The number of unbranched alkanes of at least 4 members (excludes halogenated alkanes) is 8. The Balaban J connectivity index is 4.59. The van der Waals surface area contributed by atoms with Crippen molar-refractivity contribution in [3.8, 4) is 0 Å². The van der Waals surface area contributed by atoms with Gasteiger partial charge in [-0.15, -0.1) is 0 Å². The molecule has 0 radical (unpaired) electrons. The van der Waals surface area contributed by atoms with E-state index in [1.165, 1.54) is 0 Å². The summed E-state index contributed by atoms with van der Waals surface area (Å²) in [5.41, 5.74) is 0. The minimum Gasteiger partial charge on any atom is -0.390 e. The fourth-order valence-electron chi connectivity index (χ4n) is 5.50. The van der Waals surface area contributed by atoms with Crippen LogP contribution in [0.15, 0.2) is 97.2 Å². The summed E-state index contributed by atoms with van der Waals surface area (Å²) in [5.74, 6) is -0.300. The Labute approximate surface area is 348 Å². The first-order valence-corrected chi connectivity index (χ1v) is 23.1. The summed E-state index contributed by atoms with van der Waals surface area (Å²) in [6.07, 6.45) is 49.1. The molecule has 4 atom stereocenters. The highest BCUT2D eigenvalue weighted by atomic mass is 31.2. The third-order valence-electron chi connectivity index (χ3n) is 8.96. The van der Waals surface area contributed by atoms with E-state index in [1.807, 2.05) is 28.1 Å². The zero-order chi connectivity index (χ0) is 42.3. The van der Waals surface area contributed by atoms with E-state index in [9.17, 15) is 24.5 Å². The first kappa shape index (κ1) is 54.4. The topological polar surface area (TPSA) is 125 Å². The molecule has 10 heteroatoms. The van der Waals surface area contributed by atoms with Crippen molar-refractivity contribution in [3.63, 3.8) is 0 Å². The maximum absolute atomic E-state index is 12.9. The summed E-state index contributed by atoms with van der Waals surface area (Å²) in [7, 11) is 1.37. The van der Waals surface area contributed by atoms with Gasteiger partial charge in [0.2, 0.25) is 5.91 Å². The van der Waals surface area contributed by atoms with Crippen LogP contribution >= 0.6 is 7.82 Å². The Kier molecular flexibility index (Phi) is 35.9. The molecule has 326 valence electrons. The number of allylic oxidation sites excluding steroid dienone is 16. The highest BCUT2D eigenvalue weighted by Gasteiger charge is 2.31. The normalized spacial score (nSPS) is 15.9. The molecule has 0 aliphatic heterocycles. The van der Waals surface area contributed by atoms with Crippen LogP contribution in [0.25, 0.3) is 0 Å². The Hall–Kier alpha value is -2.62. The van der Waals surface area contributed by atoms with Crippen LogP contribution in [0.5, 0.6) is 0 Å². The van der Waals surface area contributed by atoms with Gasteiger partial charge in [0.1, 0.15) is 19.3 Å². The summed E-state index contributed by atoms with van der Waals surface area (Å²) in [4.78, 5) is 23.1. The number of hydrogen-bond donors (Lipinski definition) is 4. The van der Waals surface area contributed by atoms with Gasteiger partial charge in [0.05, 0.1) is 39.9 Å². The second-order valence-electron chi connectivity index (χ2n) is 15.5. The number of amides is 1. The van der Waals surface area contributed by atoms with Gasteiger partial charge in [-0.25, -0.2) is 4.57 Å². The minimum atomic E-state index is -4.44. The number of nitrogens with zero attached hydrogens (tertiary/aromatic N) is 1. The largest absolute Gasteiger partial charge is 0.472 e. The average molecular weight is 818 g/mol. The monoisotopic (exact) mass is 818 g/mol. The Morgan fingerprint density at radius 1 is 0.649 bits per heavy atom. The van der Waals surface area contributed by atoms with Crippen molar-refractivity contribution in [2.24, 2.45) is 0 Å². The van der Waals surface area contributed by atoms with E-state index in [-0.39, 0.29) is 18.9 Å². The van der Waals surface area contributed by atoms with E-state index < -0.39 is 32.7 Å². The van der Waals surface area contributed by atoms with Gasteiger partial charge in [-0.3, -0.25) is 13.8 Å². The Bertz CT molecular complexity index is 1260. The number of nitrogens with one attached hydrogen (secondary N) is 1. The number of likely N-dealkylation sites (N-methyl/N-ethyl adjacent to an activating group) is 1. The summed E-state index contributed by atoms with van der Waals surface area (Å²) >= 11 is 0. The second-order valence-corrected chi connectivity index (χ2v) is 16.9. The van der Waals surface area contributed by atoms with Crippen LogP contribution in [-0.4, -0.2) is 84.6 Å². The lowest BCUT2D eigenvalue weighted by molar-refractivity contribution is -0.870. The molecular weight excluding hydrogens is 735 g/mol. The zero-order valence-electron chi connectivity index (χ0n) is 36.4.